The van der Waals surface area contributed by atoms with Crippen molar-refractivity contribution in [2.24, 2.45) is 11.1 Å². The molecule has 0 unspecified atom stereocenters. The van der Waals surface area contributed by atoms with Gasteiger partial charge in [0.1, 0.15) is 5.75 Å². The number of hydrogen-bond donors (Lipinski definition) is 3. The molecule has 4 aliphatic rings. The zero-order valence-electron chi connectivity index (χ0n) is 30.6. The van der Waals surface area contributed by atoms with E-state index in [1.54, 1.807) is 12.1 Å². The Hall–Kier alpha value is -3.25. The van der Waals surface area contributed by atoms with Crippen LogP contribution >= 0.6 is 23.2 Å². The molecule has 0 radical (unpaired) electrons. The van der Waals surface area contributed by atoms with Crippen molar-refractivity contribution in [1.29, 1.82) is 0 Å². The normalized spacial score (nSPS) is 19.9. The van der Waals surface area contributed by atoms with E-state index in [-0.39, 0.29) is 11.3 Å². The van der Waals surface area contributed by atoms with Crippen molar-refractivity contribution in [2.75, 3.05) is 45.8 Å². The topological polar surface area (TPSA) is 70.7 Å². The first-order valence-electron chi connectivity index (χ1n) is 19.3. The predicted octanol–water partition coefficient (Wildman–Crippen LogP) is 8.72. The van der Waals surface area contributed by atoms with Crippen molar-refractivity contribution >= 4 is 34.1 Å². The van der Waals surface area contributed by atoms with Gasteiger partial charge in [-0.05, 0) is 130 Å². The van der Waals surface area contributed by atoms with Gasteiger partial charge in [0.05, 0.1) is 5.54 Å². The standard InChI is InChI=1S/C42H49Cl2F3N6O/c43-36-3-1-4-37(44)35(36)25-51-21-15-40(16-22-51)27-52(28-40)24-29-5-12-38-33(23-29)34(30-8-10-32(11-9-30)54-42(45,46)47)26-53(38)20-2-17-50-39(31-6-7-31)41(48)13-18-49-19-14-41/h1,3-5,8-12,23,26,49-50H,2,6-7,13-22,24-25,27-28,48H2. The summed E-state index contributed by atoms with van der Waals surface area (Å²) in [6, 6.07) is 18.6. The number of rotatable bonds is 12. The first-order chi connectivity index (χ1) is 26.0. The van der Waals surface area contributed by atoms with Crippen LogP contribution in [0.5, 0.6) is 5.75 Å². The summed E-state index contributed by atoms with van der Waals surface area (Å²) in [6.45, 7) is 9.36. The molecule has 1 saturated carbocycles. The molecule has 7 nitrogen and oxygen atoms in total. The summed E-state index contributed by atoms with van der Waals surface area (Å²) in [4.78, 5) is 5.00. The Morgan fingerprint density at radius 1 is 0.889 bits per heavy atom. The third-order valence-corrected chi connectivity index (χ3v) is 12.7. The van der Waals surface area contributed by atoms with Crippen LogP contribution in [0.4, 0.5) is 13.2 Å². The van der Waals surface area contributed by atoms with Crippen LogP contribution in [0.1, 0.15) is 56.1 Å². The molecule has 288 valence electrons. The Morgan fingerprint density at radius 3 is 2.26 bits per heavy atom. The van der Waals surface area contributed by atoms with Gasteiger partial charge >= 0.3 is 6.36 Å². The second kappa shape index (κ2) is 15.4. The number of ether oxygens (including phenoxy) is 1. The molecule has 0 amide bonds. The highest BCUT2D eigenvalue weighted by Gasteiger charge is 2.44. The van der Waals surface area contributed by atoms with E-state index in [2.05, 4.69) is 54.1 Å². The van der Waals surface area contributed by atoms with E-state index in [0.29, 0.717) is 5.41 Å². The van der Waals surface area contributed by atoms with E-state index in [1.165, 1.54) is 29.0 Å². The largest absolute Gasteiger partial charge is 0.573 e. The van der Waals surface area contributed by atoms with Crippen molar-refractivity contribution in [3.63, 3.8) is 0 Å². The predicted molar refractivity (Wildman–Crippen MR) is 211 cm³/mol. The number of aryl methyl sites for hydroxylation is 1. The minimum atomic E-state index is -4.73. The van der Waals surface area contributed by atoms with Gasteiger partial charge in [0.15, 0.2) is 0 Å². The quantitative estimate of drug-likeness (QED) is 0.125. The van der Waals surface area contributed by atoms with Crippen molar-refractivity contribution < 1.29 is 17.9 Å². The number of aromatic nitrogens is 1. The van der Waals surface area contributed by atoms with Gasteiger partial charge in [0.25, 0.3) is 0 Å². The highest BCUT2D eigenvalue weighted by molar-refractivity contribution is 6.36. The maximum absolute atomic E-state index is 12.9. The molecule has 4 heterocycles. The molecule has 4 aromatic rings. The Morgan fingerprint density at radius 2 is 1.59 bits per heavy atom. The molecule has 4 fully saturated rings. The van der Waals surface area contributed by atoms with Gasteiger partial charge in [0.2, 0.25) is 0 Å². The van der Waals surface area contributed by atoms with Gasteiger partial charge in [-0.15, -0.1) is 13.2 Å². The van der Waals surface area contributed by atoms with Crippen LogP contribution in [-0.4, -0.2) is 72.1 Å². The number of allylic oxidation sites excluding steroid dienone is 1. The zero-order valence-corrected chi connectivity index (χ0v) is 32.1. The van der Waals surface area contributed by atoms with E-state index in [4.69, 9.17) is 28.9 Å². The highest BCUT2D eigenvalue weighted by atomic mass is 35.5. The van der Waals surface area contributed by atoms with Crippen molar-refractivity contribution in [1.82, 2.24) is 25.0 Å². The lowest BCUT2D eigenvalue weighted by atomic mass is 9.72. The number of fused-ring (bicyclic) bond motifs is 1. The summed E-state index contributed by atoms with van der Waals surface area (Å²) in [7, 11) is 0. The smallest absolute Gasteiger partial charge is 0.406 e. The molecule has 0 atom stereocenters. The number of piperidine rings is 2. The highest BCUT2D eigenvalue weighted by Crippen LogP contribution is 2.43. The number of likely N-dealkylation sites (tertiary alicyclic amines) is 2. The fraction of sp³-hybridized carbons (Fsp3) is 0.476. The Labute approximate surface area is 325 Å². The molecule has 1 aliphatic carbocycles. The van der Waals surface area contributed by atoms with Crippen LogP contribution in [0.25, 0.3) is 22.0 Å². The van der Waals surface area contributed by atoms with Crippen molar-refractivity contribution in [3.8, 4) is 16.9 Å². The molecule has 1 spiro atoms. The van der Waals surface area contributed by atoms with E-state index in [0.717, 1.165) is 148 Å². The Balaban J connectivity index is 0.940. The lowest BCUT2D eigenvalue weighted by Crippen LogP contribution is -2.59. The molecule has 0 bridgehead atoms. The van der Waals surface area contributed by atoms with Crippen LogP contribution < -0.4 is 21.1 Å². The molecule has 3 aliphatic heterocycles. The number of nitrogens with two attached hydrogens (primary N) is 1. The number of nitrogens with one attached hydrogen (secondary N) is 2. The summed E-state index contributed by atoms with van der Waals surface area (Å²) in [6.07, 6.45) is 4.78. The number of nitrogens with zero attached hydrogens (tertiary/aromatic N) is 3. The molecule has 12 heteroatoms. The summed E-state index contributed by atoms with van der Waals surface area (Å²) in [5.41, 5.74) is 14.9. The molecule has 8 rings (SSSR count). The average molecular weight is 782 g/mol. The summed E-state index contributed by atoms with van der Waals surface area (Å²) in [5.74, 6) is -0.223. The maximum Gasteiger partial charge on any atom is 0.573 e. The van der Waals surface area contributed by atoms with Gasteiger partial charge in [-0.1, -0.05) is 47.5 Å². The third kappa shape index (κ3) is 8.44. The first-order valence-corrected chi connectivity index (χ1v) is 20.0. The summed E-state index contributed by atoms with van der Waals surface area (Å²) in [5, 5.41) is 9.74. The van der Waals surface area contributed by atoms with Crippen LogP contribution in [0.2, 0.25) is 10.0 Å². The van der Waals surface area contributed by atoms with E-state index >= 15 is 0 Å². The third-order valence-electron chi connectivity index (χ3n) is 12.0. The molecular formula is C42H49Cl2F3N6O. The second-order valence-electron chi connectivity index (χ2n) is 15.9. The lowest BCUT2D eigenvalue weighted by Gasteiger charge is -2.54. The van der Waals surface area contributed by atoms with Gasteiger partial charge in [-0.3, -0.25) is 9.80 Å². The first kappa shape index (κ1) is 37.7. The van der Waals surface area contributed by atoms with E-state index in [9.17, 15) is 13.2 Å². The van der Waals surface area contributed by atoms with Crippen molar-refractivity contribution in [2.45, 2.75) is 76.5 Å². The summed E-state index contributed by atoms with van der Waals surface area (Å²) >= 11 is 12.9. The Kier molecular flexibility index (Phi) is 10.7. The van der Waals surface area contributed by atoms with Crippen molar-refractivity contribution in [3.05, 3.63) is 99.3 Å². The molecular weight excluding hydrogens is 732 g/mol. The van der Waals surface area contributed by atoms with E-state index < -0.39 is 6.36 Å². The van der Waals surface area contributed by atoms with Crippen LogP contribution in [0, 0.1) is 5.41 Å². The lowest BCUT2D eigenvalue weighted by molar-refractivity contribution is -0.274. The molecule has 1 aromatic heterocycles. The maximum atomic E-state index is 12.9. The molecule has 3 aromatic carbocycles. The van der Waals surface area contributed by atoms with Crippen LogP contribution in [0.3, 0.4) is 0 Å². The molecule has 4 N–H and O–H groups in total. The zero-order chi connectivity index (χ0) is 37.5. The fourth-order valence-corrected chi connectivity index (χ4v) is 9.44. The number of halogens is 5. The molecule has 54 heavy (non-hydrogen) atoms. The van der Waals surface area contributed by atoms with E-state index in [1.807, 2.05) is 18.2 Å². The van der Waals surface area contributed by atoms with Crippen LogP contribution in [-0.2, 0) is 19.6 Å². The summed E-state index contributed by atoms with van der Waals surface area (Å²) < 4.78 is 45.2. The second-order valence-corrected chi connectivity index (χ2v) is 16.8. The Bertz CT molecular complexity index is 1960. The van der Waals surface area contributed by atoms with Gasteiger partial charge in [-0.2, -0.15) is 0 Å². The van der Waals surface area contributed by atoms with Crippen LogP contribution in [0.15, 0.2) is 78.1 Å². The minimum Gasteiger partial charge on any atom is -0.406 e. The van der Waals surface area contributed by atoms with Gasteiger partial charge < -0.3 is 25.7 Å². The SMILES string of the molecule is NC1(C(NCCCn2cc(-c3ccc(OC(F)(F)F)cc3)c3cc(CN4CC5(CCN(Cc6c(Cl)cccc6Cl)CC5)C4)ccc32)=C2CC2)CCNCC1. The number of hydrogen-bond acceptors (Lipinski definition) is 6. The minimum absolute atomic E-state index is 0.223. The van der Waals surface area contributed by atoms with Gasteiger partial charge in [0, 0.05) is 83.2 Å². The monoisotopic (exact) mass is 780 g/mol. The van der Waals surface area contributed by atoms with Gasteiger partial charge in [-0.25, -0.2) is 0 Å². The number of alkyl halides is 3. The average Bonchev–Trinajstić information content (AvgIpc) is 3.90. The number of benzene rings is 3. The molecule has 3 saturated heterocycles. The fourth-order valence-electron chi connectivity index (χ4n) is 8.93.